The summed E-state index contributed by atoms with van der Waals surface area (Å²) in [6.07, 6.45) is 0. The van der Waals surface area contributed by atoms with E-state index in [-0.39, 0.29) is 16.9 Å². The number of nitrogens with two attached hydrogens (primary N) is 1. The standard InChI is InChI=1S/C9H20N2O2S/c1-7(2)5-11-9(12)6-14(13)8(3)4-10/h7-8H,4-6,10H2,1-3H3,(H,11,12). The first-order valence-electron chi connectivity index (χ1n) is 4.81. The molecule has 0 aromatic heterocycles. The van der Waals surface area contributed by atoms with Crippen molar-refractivity contribution < 1.29 is 9.00 Å². The van der Waals surface area contributed by atoms with Crippen LogP contribution in [0.1, 0.15) is 20.8 Å². The molecule has 3 N–H and O–H groups in total. The Bertz CT molecular complexity index is 207. The lowest BCUT2D eigenvalue weighted by Crippen LogP contribution is -2.34. The molecule has 0 saturated carbocycles. The molecule has 0 saturated heterocycles. The van der Waals surface area contributed by atoms with Crippen molar-refractivity contribution >= 4 is 16.7 Å². The molecule has 0 aromatic carbocycles. The Kier molecular flexibility index (Phi) is 6.74. The minimum absolute atomic E-state index is 0.0606. The van der Waals surface area contributed by atoms with Crippen LogP contribution in [0.2, 0.25) is 0 Å². The van der Waals surface area contributed by atoms with Crippen molar-refractivity contribution in [3.05, 3.63) is 0 Å². The quantitative estimate of drug-likeness (QED) is 0.654. The third kappa shape index (κ3) is 6.10. The smallest absolute Gasteiger partial charge is 0.232 e. The molecule has 0 aliphatic carbocycles. The summed E-state index contributed by atoms with van der Waals surface area (Å²) >= 11 is 0. The molecule has 0 spiro atoms. The van der Waals surface area contributed by atoms with Gasteiger partial charge in [-0.25, -0.2) is 0 Å². The maximum absolute atomic E-state index is 11.4. The van der Waals surface area contributed by atoms with E-state index < -0.39 is 10.8 Å². The Morgan fingerprint density at radius 3 is 2.43 bits per heavy atom. The van der Waals surface area contributed by atoms with Gasteiger partial charge in [0.1, 0.15) is 5.75 Å². The first-order valence-corrected chi connectivity index (χ1v) is 6.19. The zero-order valence-corrected chi connectivity index (χ0v) is 9.89. The van der Waals surface area contributed by atoms with E-state index in [0.29, 0.717) is 19.0 Å². The van der Waals surface area contributed by atoms with Crippen molar-refractivity contribution in [2.75, 3.05) is 18.8 Å². The molecule has 4 nitrogen and oxygen atoms in total. The van der Waals surface area contributed by atoms with E-state index in [1.165, 1.54) is 0 Å². The topological polar surface area (TPSA) is 72.2 Å². The molecule has 0 radical (unpaired) electrons. The van der Waals surface area contributed by atoms with Crippen molar-refractivity contribution in [3.8, 4) is 0 Å². The SMILES string of the molecule is CC(C)CNC(=O)CS(=O)C(C)CN. The Balaban J connectivity index is 3.77. The minimum Gasteiger partial charge on any atom is -0.355 e. The zero-order valence-electron chi connectivity index (χ0n) is 9.08. The van der Waals surface area contributed by atoms with Gasteiger partial charge in [-0.15, -0.1) is 0 Å². The lowest BCUT2D eigenvalue weighted by Gasteiger charge is -2.10. The third-order valence-corrected chi connectivity index (χ3v) is 3.40. The van der Waals surface area contributed by atoms with E-state index in [1.807, 2.05) is 13.8 Å². The first-order chi connectivity index (χ1) is 6.47. The van der Waals surface area contributed by atoms with E-state index in [9.17, 15) is 9.00 Å². The molecule has 84 valence electrons. The molecular formula is C9H20N2O2S. The van der Waals surface area contributed by atoms with E-state index in [1.54, 1.807) is 6.92 Å². The van der Waals surface area contributed by atoms with Gasteiger partial charge in [0.25, 0.3) is 0 Å². The maximum Gasteiger partial charge on any atom is 0.232 e. The normalized spacial score (nSPS) is 15.2. The van der Waals surface area contributed by atoms with Crippen LogP contribution < -0.4 is 11.1 Å². The molecule has 0 aliphatic rings. The largest absolute Gasteiger partial charge is 0.355 e. The number of amides is 1. The van der Waals surface area contributed by atoms with Crippen molar-refractivity contribution in [3.63, 3.8) is 0 Å². The second-order valence-corrected chi connectivity index (χ2v) is 5.62. The predicted octanol–water partition coefficient (Wildman–Crippen LogP) is -0.145. The average molecular weight is 220 g/mol. The molecule has 0 fully saturated rings. The van der Waals surface area contributed by atoms with Crippen LogP contribution in [0.25, 0.3) is 0 Å². The zero-order chi connectivity index (χ0) is 11.1. The van der Waals surface area contributed by atoms with Gasteiger partial charge in [0.05, 0.1) is 0 Å². The van der Waals surface area contributed by atoms with Crippen LogP contribution in [0.4, 0.5) is 0 Å². The van der Waals surface area contributed by atoms with E-state index in [4.69, 9.17) is 5.73 Å². The van der Waals surface area contributed by atoms with Crippen LogP contribution >= 0.6 is 0 Å². The van der Waals surface area contributed by atoms with Crippen LogP contribution in [-0.2, 0) is 15.6 Å². The summed E-state index contributed by atoms with van der Waals surface area (Å²) in [5.74, 6) is 0.321. The Hall–Kier alpha value is -0.420. The highest BCUT2D eigenvalue weighted by Crippen LogP contribution is 1.94. The molecule has 5 heteroatoms. The van der Waals surface area contributed by atoms with Crippen molar-refractivity contribution in [2.24, 2.45) is 11.7 Å². The fraction of sp³-hybridized carbons (Fsp3) is 0.889. The van der Waals surface area contributed by atoms with Gasteiger partial charge in [0.2, 0.25) is 5.91 Å². The second-order valence-electron chi connectivity index (χ2n) is 3.77. The molecule has 1 amide bonds. The molecule has 0 aliphatic heterocycles. The number of hydrogen-bond acceptors (Lipinski definition) is 3. The maximum atomic E-state index is 11.4. The number of hydrogen-bond donors (Lipinski definition) is 2. The first kappa shape index (κ1) is 13.6. The number of carbonyl (C=O) groups is 1. The summed E-state index contributed by atoms with van der Waals surface area (Å²) in [6.45, 7) is 6.79. The highest BCUT2D eigenvalue weighted by Gasteiger charge is 2.13. The lowest BCUT2D eigenvalue weighted by molar-refractivity contribution is -0.118. The van der Waals surface area contributed by atoms with Crippen molar-refractivity contribution in [1.29, 1.82) is 0 Å². The summed E-state index contributed by atoms with van der Waals surface area (Å²) in [5, 5.41) is 2.61. The monoisotopic (exact) mass is 220 g/mol. The highest BCUT2D eigenvalue weighted by molar-refractivity contribution is 7.86. The van der Waals surface area contributed by atoms with Gasteiger partial charge in [0.15, 0.2) is 0 Å². The van der Waals surface area contributed by atoms with Crippen LogP contribution in [0.5, 0.6) is 0 Å². The minimum atomic E-state index is -1.15. The fourth-order valence-corrected chi connectivity index (χ4v) is 1.61. The summed E-state index contributed by atoms with van der Waals surface area (Å²) in [5.41, 5.74) is 5.35. The Morgan fingerprint density at radius 1 is 1.43 bits per heavy atom. The Morgan fingerprint density at radius 2 is 2.00 bits per heavy atom. The van der Waals surface area contributed by atoms with E-state index in [0.717, 1.165) is 0 Å². The lowest BCUT2D eigenvalue weighted by atomic mass is 10.2. The molecule has 14 heavy (non-hydrogen) atoms. The number of rotatable bonds is 6. The highest BCUT2D eigenvalue weighted by atomic mass is 32.2. The van der Waals surface area contributed by atoms with E-state index in [2.05, 4.69) is 5.32 Å². The number of carbonyl (C=O) groups excluding carboxylic acids is 1. The van der Waals surface area contributed by atoms with Crippen molar-refractivity contribution in [1.82, 2.24) is 5.32 Å². The summed E-state index contributed by atoms with van der Waals surface area (Å²) in [6, 6.07) is 0. The molecular weight excluding hydrogens is 200 g/mol. The third-order valence-electron chi connectivity index (χ3n) is 1.76. The number of nitrogens with one attached hydrogen (secondary N) is 1. The van der Waals surface area contributed by atoms with Gasteiger partial charge in [-0.2, -0.15) is 0 Å². The molecule has 0 rings (SSSR count). The predicted molar refractivity (Wildman–Crippen MR) is 59.4 cm³/mol. The van der Waals surface area contributed by atoms with E-state index >= 15 is 0 Å². The van der Waals surface area contributed by atoms with Crippen molar-refractivity contribution in [2.45, 2.75) is 26.0 Å². The van der Waals surface area contributed by atoms with Gasteiger partial charge >= 0.3 is 0 Å². The van der Waals surface area contributed by atoms with Gasteiger partial charge in [-0.1, -0.05) is 13.8 Å². The van der Waals surface area contributed by atoms with Gasteiger partial charge in [-0.05, 0) is 12.8 Å². The summed E-state index contributed by atoms with van der Waals surface area (Å²) in [7, 11) is -1.15. The van der Waals surface area contributed by atoms with Crippen LogP contribution in [-0.4, -0.2) is 34.2 Å². The van der Waals surface area contributed by atoms with Crippen LogP contribution in [0.15, 0.2) is 0 Å². The molecule has 2 unspecified atom stereocenters. The average Bonchev–Trinajstić information content (AvgIpc) is 2.13. The molecule has 0 aromatic rings. The van der Waals surface area contributed by atoms with Crippen LogP contribution in [0.3, 0.4) is 0 Å². The summed E-state index contributed by atoms with van der Waals surface area (Å²) in [4.78, 5) is 11.2. The Labute approximate surface area is 88.1 Å². The summed E-state index contributed by atoms with van der Waals surface area (Å²) < 4.78 is 11.4. The second kappa shape index (κ2) is 6.95. The molecule has 0 bridgehead atoms. The fourth-order valence-electron chi connectivity index (χ4n) is 0.748. The van der Waals surface area contributed by atoms with Crippen LogP contribution in [0, 0.1) is 5.92 Å². The molecule has 2 atom stereocenters. The van der Waals surface area contributed by atoms with Gasteiger partial charge in [0, 0.05) is 29.1 Å². The molecule has 0 heterocycles. The van der Waals surface area contributed by atoms with Gasteiger partial charge < -0.3 is 11.1 Å². The van der Waals surface area contributed by atoms with Gasteiger partial charge in [-0.3, -0.25) is 9.00 Å².